The lowest BCUT2D eigenvalue weighted by Gasteiger charge is -2.34. The van der Waals surface area contributed by atoms with E-state index >= 15 is 0 Å². The van der Waals surface area contributed by atoms with Crippen LogP contribution >= 0.6 is 0 Å². The Bertz CT molecular complexity index is 397. The Kier molecular flexibility index (Phi) is 2.54. The maximum atomic E-state index is 5.89. The number of hydrogen-bond donors (Lipinski definition) is 0. The Morgan fingerprint density at radius 2 is 1.39 bits per heavy atom. The van der Waals surface area contributed by atoms with Gasteiger partial charge in [0.2, 0.25) is 0 Å². The third-order valence-corrected chi connectivity index (χ3v) is 3.32. The second-order valence-electron chi connectivity index (χ2n) is 5.76. The van der Waals surface area contributed by atoms with Gasteiger partial charge in [-0.25, -0.2) is 0 Å². The average Bonchev–Trinajstić information content (AvgIpc) is 2.71. The van der Waals surface area contributed by atoms with E-state index in [-0.39, 0.29) is 18.3 Å². The second-order valence-corrected chi connectivity index (χ2v) is 5.76. The van der Waals surface area contributed by atoms with Gasteiger partial charge in [-0.1, -0.05) is 5.92 Å². The minimum absolute atomic E-state index is 0.262. The topological polar surface area (TPSA) is 46.2 Å². The number of terminal acetylenes is 1. The quantitative estimate of drug-likeness (QED) is 0.604. The molecule has 1 unspecified atom stereocenters. The van der Waals surface area contributed by atoms with Gasteiger partial charge in [-0.15, -0.1) is 6.42 Å². The molecule has 3 rings (SSSR count). The summed E-state index contributed by atoms with van der Waals surface area (Å²) in [6.45, 7) is 7.40. The molecule has 0 aromatic carbocycles. The molecular formula is C13H18O5. The average molecular weight is 254 g/mol. The largest absolute Gasteiger partial charge is 0.341 e. The van der Waals surface area contributed by atoms with Gasteiger partial charge in [-0.3, -0.25) is 0 Å². The van der Waals surface area contributed by atoms with Gasteiger partial charge in [0.1, 0.15) is 24.4 Å². The first kappa shape index (κ1) is 12.4. The summed E-state index contributed by atoms with van der Waals surface area (Å²) in [5.74, 6) is 1.21. The maximum Gasteiger partial charge on any atom is 0.191 e. The van der Waals surface area contributed by atoms with Gasteiger partial charge in [0.25, 0.3) is 0 Å². The summed E-state index contributed by atoms with van der Waals surface area (Å²) in [5, 5.41) is 0. The van der Waals surface area contributed by atoms with Crippen LogP contribution in [0.2, 0.25) is 0 Å². The predicted molar refractivity (Wildman–Crippen MR) is 61.4 cm³/mol. The van der Waals surface area contributed by atoms with Gasteiger partial charge in [0.15, 0.2) is 17.9 Å². The van der Waals surface area contributed by atoms with Crippen molar-refractivity contribution >= 4 is 0 Å². The lowest BCUT2D eigenvalue weighted by molar-refractivity contribution is -0.220. The highest BCUT2D eigenvalue weighted by Crippen LogP contribution is 2.43. The molecule has 3 aliphatic heterocycles. The number of rotatable bonds is 0. The molecule has 0 aliphatic carbocycles. The zero-order chi connectivity index (χ0) is 13.1. The molecule has 100 valence electrons. The van der Waals surface area contributed by atoms with Gasteiger partial charge >= 0.3 is 0 Å². The summed E-state index contributed by atoms with van der Waals surface area (Å²) in [6, 6.07) is 0. The normalized spacial score (nSPS) is 48.3. The molecule has 5 heteroatoms. The summed E-state index contributed by atoms with van der Waals surface area (Å²) in [6.07, 6.45) is 3.63. The van der Waals surface area contributed by atoms with Crippen LogP contribution in [-0.4, -0.2) is 42.3 Å². The van der Waals surface area contributed by atoms with Gasteiger partial charge in [0.05, 0.1) is 0 Å². The van der Waals surface area contributed by atoms with Crippen LogP contribution in [0.5, 0.6) is 0 Å². The van der Waals surface area contributed by atoms with E-state index in [0.717, 1.165) is 0 Å². The van der Waals surface area contributed by atoms with Crippen molar-refractivity contribution in [1.29, 1.82) is 0 Å². The SMILES string of the molecule is C#C[C@H]1OC2OC(C)(C)O[C@@H]2[C@H]2OC(C)(C)O[C@H]21. The van der Waals surface area contributed by atoms with E-state index in [2.05, 4.69) is 5.92 Å². The van der Waals surface area contributed by atoms with Crippen molar-refractivity contribution < 1.29 is 23.7 Å². The fraction of sp³-hybridized carbons (Fsp3) is 0.846. The summed E-state index contributed by atoms with van der Waals surface area (Å²) in [4.78, 5) is 0. The molecule has 0 N–H and O–H groups in total. The van der Waals surface area contributed by atoms with Crippen LogP contribution in [0.15, 0.2) is 0 Å². The highest BCUT2D eigenvalue weighted by Gasteiger charge is 2.60. The maximum absolute atomic E-state index is 5.89. The van der Waals surface area contributed by atoms with Gasteiger partial charge in [-0.05, 0) is 27.7 Å². The molecule has 3 aliphatic rings. The zero-order valence-corrected chi connectivity index (χ0v) is 11.0. The van der Waals surface area contributed by atoms with Crippen LogP contribution in [0.1, 0.15) is 27.7 Å². The molecule has 0 aromatic heterocycles. The second kappa shape index (κ2) is 3.69. The van der Waals surface area contributed by atoms with E-state index in [1.165, 1.54) is 0 Å². The first-order chi connectivity index (χ1) is 8.31. The first-order valence-electron chi connectivity index (χ1n) is 6.14. The smallest absolute Gasteiger partial charge is 0.191 e. The Balaban J connectivity index is 1.89. The lowest BCUT2D eigenvalue weighted by Crippen LogP contribution is -2.54. The van der Waals surface area contributed by atoms with Crippen molar-refractivity contribution in [2.24, 2.45) is 0 Å². The zero-order valence-electron chi connectivity index (χ0n) is 11.0. The highest BCUT2D eigenvalue weighted by molar-refractivity contribution is 5.10. The van der Waals surface area contributed by atoms with E-state index in [0.29, 0.717) is 0 Å². The first-order valence-corrected chi connectivity index (χ1v) is 6.14. The lowest BCUT2D eigenvalue weighted by atomic mass is 9.99. The predicted octanol–water partition coefficient (Wildman–Crippen LogP) is 1.02. The highest BCUT2D eigenvalue weighted by atomic mass is 16.9. The van der Waals surface area contributed by atoms with Crippen molar-refractivity contribution in [1.82, 2.24) is 0 Å². The minimum Gasteiger partial charge on any atom is -0.341 e. The van der Waals surface area contributed by atoms with Crippen LogP contribution in [-0.2, 0) is 23.7 Å². The van der Waals surface area contributed by atoms with E-state index in [9.17, 15) is 0 Å². The molecule has 0 bridgehead atoms. The molecule has 0 radical (unpaired) electrons. The Morgan fingerprint density at radius 3 is 2.06 bits per heavy atom. The molecule has 3 fully saturated rings. The third kappa shape index (κ3) is 1.85. The van der Waals surface area contributed by atoms with E-state index in [1.807, 2.05) is 27.7 Å². The molecule has 18 heavy (non-hydrogen) atoms. The van der Waals surface area contributed by atoms with Crippen molar-refractivity contribution in [3.8, 4) is 12.3 Å². The fourth-order valence-electron chi connectivity index (χ4n) is 2.75. The monoisotopic (exact) mass is 254 g/mol. The van der Waals surface area contributed by atoms with Crippen molar-refractivity contribution in [3.63, 3.8) is 0 Å². The Hall–Kier alpha value is -0.640. The Labute approximate surface area is 107 Å². The van der Waals surface area contributed by atoms with E-state index in [4.69, 9.17) is 30.1 Å². The van der Waals surface area contributed by atoms with E-state index < -0.39 is 24.0 Å². The molecule has 0 saturated carbocycles. The molecular weight excluding hydrogens is 236 g/mol. The van der Waals surface area contributed by atoms with Crippen LogP contribution in [0.4, 0.5) is 0 Å². The van der Waals surface area contributed by atoms with Crippen molar-refractivity contribution in [2.75, 3.05) is 0 Å². The summed E-state index contributed by atoms with van der Waals surface area (Å²) >= 11 is 0. The van der Waals surface area contributed by atoms with E-state index in [1.54, 1.807) is 0 Å². The van der Waals surface area contributed by atoms with Crippen LogP contribution in [0.25, 0.3) is 0 Å². The molecule has 0 amide bonds. The summed E-state index contributed by atoms with van der Waals surface area (Å²) < 4.78 is 28.9. The van der Waals surface area contributed by atoms with Gasteiger partial charge < -0.3 is 23.7 Å². The van der Waals surface area contributed by atoms with Crippen molar-refractivity contribution in [3.05, 3.63) is 0 Å². The molecule has 5 atom stereocenters. The number of ether oxygens (including phenoxy) is 5. The summed E-state index contributed by atoms with van der Waals surface area (Å²) in [7, 11) is 0. The van der Waals surface area contributed by atoms with Gasteiger partial charge in [0, 0.05) is 0 Å². The van der Waals surface area contributed by atoms with Crippen LogP contribution in [0.3, 0.4) is 0 Å². The third-order valence-electron chi connectivity index (χ3n) is 3.32. The molecule has 3 saturated heterocycles. The van der Waals surface area contributed by atoms with Crippen LogP contribution in [0, 0.1) is 12.3 Å². The number of fused-ring (bicyclic) bond motifs is 3. The minimum atomic E-state index is -0.695. The fourth-order valence-corrected chi connectivity index (χ4v) is 2.75. The molecule has 0 spiro atoms. The number of hydrogen-bond acceptors (Lipinski definition) is 5. The van der Waals surface area contributed by atoms with Gasteiger partial charge in [-0.2, -0.15) is 0 Å². The molecule has 3 heterocycles. The standard InChI is InChI=1S/C13H18O5/c1-6-7-8-9(16-12(2,3)15-8)10-11(14-7)18-13(4,5)17-10/h1,7-11H,2-5H3/t7-,8+,9+,10-,11?/m1/s1. The van der Waals surface area contributed by atoms with Crippen molar-refractivity contribution in [2.45, 2.75) is 70.0 Å². The molecule has 0 aromatic rings. The molecule has 5 nitrogen and oxygen atoms in total. The Morgan fingerprint density at radius 1 is 0.833 bits per heavy atom. The van der Waals surface area contributed by atoms with Crippen LogP contribution < -0.4 is 0 Å². The summed E-state index contributed by atoms with van der Waals surface area (Å²) in [5.41, 5.74) is 0.